The lowest BCUT2D eigenvalue weighted by atomic mass is 9.92. The fraction of sp³-hybridized carbons (Fsp3) is 0.370. The summed E-state index contributed by atoms with van der Waals surface area (Å²) in [5.41, 5.74) is 1.28. The summed E-state index contributed by atoms with van der Waals surface area (Å²) in [7, 11) is 1.44. The number of aryl methyl sites for hydroxylation is 1. The minimum Gasteiger partial charge on any atom is -0.383 e. The van der Waals surface area contributed by atoms with Crippen LogP contribution >= 0.6 is 0 Å². The van der Waals surface area contributed by atoms with Crippen LogP contribution in [0.2, 0.25) is 0 Å². The number of ether oxygens (including phenoxy) is 1. The normalized spacial score (nSPS) is 11.8. The number of alkyl halides is 3. The van der Waals surface area contributed by atoms with Crippen LogP contribution in [0.1, 0.15) is 37.6 Å². The van der Waals surface area contributed by atoms with Gasteiger partial charge in [0.2, 0.25) is 5.91 Å². The van der Waals surface area contributed by atoms with E-state index in [9.17, 15) is 22.8 Å². The van der Waals surface area contributed by atoms with E-state index in [2.05, 4.69) is 10.6 Å². The Balaban J connectivity index is 1.82. The first kappa shape index (κ1) is 28.7. The predicted octanol–water partition coefficient (Wildman–Crippen LogP) is 5.62. The van der Waals surface area contributed by atoms with E-state index in [1.165, 1.54) is 19.2 Å². The smallest absolute Gasteiger partial charge is 0.383 e. The molecule has 0 fully saturated rings. The highest BCUT2D eigenvalue weighted by molar-refractivity contribution is 5.96. The van der Waals surface area contributed by atoms with Gasteiger partial charge in [0.05, 0.1) is 23.6 Å². The summed E-state index contributed by atoms with van der Waals surface area (Å²) < 4.78 is 45.9. The fourth-order valence-corrected chi connectivity index (χ4v) is 3.61. The van der Waals surface area contributed by atoms with Gasteiger partial charge >= 0.3 is 12.2 Å². The minimum absolute atomic E-state index is 0.0407. The number of nitrogens with zero attached hydrogens (tertiary/aromatic N) is 3. The van der Waals surface area contributed by atoms with Crippen LogP contribution in [-0.2, 0) is 21.1 Å². The summed E-state index contributed by atoms with van der Waals surface area (Å²) in [6.45, 7) is 7.76. The van der Waals surface area contributed by atoms with E-state index < -0.39 is 23.7 Å². The Morgan fingerprint density at radius 3 is 2.37 bits per heavy atom. The average molecular weight is 532 g/mol. The van der Waals surface area contributed by atoms with Crippen molar-refractivity contribution >= 4 is 23.4 Å². The molecule has 0 saturated carbocycles. The number of aromatic nitrogens is 2. The van der Waals surface area contributed by atoms with E-state index in [4.69, 9.17) is 9.84 Å². The molecule has 1 aromatic heterocycles. The molecule has 0 unspecified atom stereocenters. The van der Waals surface area contributed by atoms with Gasteiger partial charge in [-0.15, -0.1) is 0 Å². The molecule has 0 radical (unpaired) electrons. The number of rotatable bonds is 8. The molecule has 3 aromatic rings. The van der Waals surface area contributed by atoms with Crippen molar-refractivity contribution in [2.75, 3.05) is 37.4 Å². The van der Waals surface area contributed by atoms with E-state index in [1.807, 2.05) is 52.0 Å². The van der Waals surface area contributed by atoms with Gasteiger partial charge in [-0.1, -0.05) is 45.0 Å². The molecule has 0 aliphatic carbocycles. The second kappa shape index (κ2) is 11.7. The highest BCUT2D eigenvalue weighted by Gasteiger charge is 2.31. The van der Waals surface area contributed by atoms with Crippen LogP contribution in [0.3, 0.4) is 0 Å². The molecule has 2 aromatic carbocycles. The van der Waals surface area contributed by atoms with E-state index in [0.717, 1.165) is 34.0 Å². The summed E-state index contributed by atoms with van der Waals surface area (Å²) in [6, 6.07) is 12.9. The van der Waals surface area contributed by atoms with Crippen molar-refractivity contribution in [1.29, 1.82) is 0 Å². The molecule has 8 nitrogen and oxygen atoms in total. The molecule has 11 heteroatoms. The van der Waals surface area contributed by atoms with Gasteiger partial charge in [-0.2, -0.15) is 18.3 Å². The molecular formula is C27H32F3N5O3. The van der Waals surface area contributed by atoms with Crippen LogP contribution in [0.15, 0.2) is 54.6 Å². The monoisotopic (exact) mass is 531 g/mol. The van der Waals surface area contributed by atoms with Crippen molar-refractivity contribution < 1.29 is 27.5 Å². The first-order valence-electron chi connectivity index (χ1n) is 12.0. The molecule has 0 saturated heterocycles. The largest absolute Gasteiger partial charge is 0.416 e. The molecule has 1 heterocycles. The molecule has 0 aliphatic rings. The molecule has 3 rings (SSSR count). The van der Waals surface area contributed by atoms with Gasteiger partial charge in [0.15, 0.2) is 0 Å². The number of carbonyl (C=O) groups is 2. The SMILES string of the molecule is COCCN(CC(=O)Nc1cc(C(C)(C)C)nn1-c1ccccc1C)C(=O)Nc1cccc(C(F)(F)F)c1. The number of halogens is 3. The lowest BCUT2D eigenvalue weighted by molar-refractivity contribution is -0.137. The minimum atomic E-state index is -4.55. The van der Waals surface area contributed by atoms with Crippen LogP contribution in [0.5, 0.6) is 0 Å². The summed E-state index contributed by atoms with van der Waals surface area (Å²) in [6.07, 6.45) is -4.55. The van der Waals surface area contributed by atoms with Gasteiger partial charge in [-0.05, 0) is 36.8 Å². The molecule has 38 heavy (non-hydrogen) atoms. The summed E-state index contributed by atoms with van der Waals surface area (Å²) in [4.78, 5) is 27.2. The van der Waals surface area contributed by atoms with Crippen LogP contribution in [0.25, 0.3) is 5.69 Å². The van der Waals surface area contributed by atoms with Gasteiger partial charge in [0.1, 0.15) is 12.4 Å². The highest BCUT2D eigenvalue weighted by Crippen LogP contribution is 2.31. The molecule has 3 amide bonds. The third-order valence-electron chi connectivity index (χ3n) is 5.72. The second-order valence-electron chi connectivity index (χ2n) is 9.83. The summed E-state index contributed by atoms with van der Waals surface area (Å²) >= 11 is 0. The summed E-state index contributed by atoms with van der Waals surface area (Å²) in [5, 5.41) is 9.98. The van der Waals surface area contributed by atoms with Crippen molar-refractivity contribution in [1.82, 2.24) is 14.7 Å². The standard InChI is InChI=1S/C27H32F3N5O3/c1-18-9-6-7-12-21(18)35-23(16-22(33-35)26(2,3)4)32-24(36)17-34(13-14-38-5)25(37)31-20-11-8-10-19(15-20)27(28,29)30/h6-12,15-16H,13-14,17H2,1-5H3,(H,31,37)(H,32,36). The van der Waals surface area contributed by atoms with Crippen molar-refractivity contribution in [3.8, 4) is 5.69 Å². The zero-order valence-corrected chi connectivity index (χ0v) is 22.0. The molecule has 204 valence electrons. The Hall–Kier alpha value is -3.86. The van der Waals surface area contributed by atoms with E-state index in [-0.39, 0.29) is 30.8 Å². The number of hydrogen-bond acceptors (Lipinski definition) is 4. The highest BCUT2D eigenvalue weighted by atomic mass is 19.4. The number of anilines is 2. The lowest BCUT2D eigenvalue weighted by Crippen LogP contribution is -2.42. The fourth-order valence-electron chi connectivity index (χ4n) is 3.61. The third-order valence-corrected chi connectivity index (χ3v) is 5.72. The van der Waals surface area contributed by atoms with Crippen molar-refractivity contribution in [3.63, 3.8) is 0 Å². The van der Waals surface area contributed by atoms with Gasteiger partial charge in [-0.3, -0.25) is 4.79 Å². The van der Waals surface area contributed by atoms with Gasteiger partial charge in [0.25, 0.3) is 0 Å². The molecule has 2 N–H and O–H groups in total. The quantitative estimate of drug-likeness (QED) is 0.395. The second-order valence-corrected chi connectivity index (χ2v) is 9.83. The Morgan fingerprint density at radius 2 is 1.74 bits per heavy atom. The topological polar surface area (TPSA) is 88.5 Å². The molecule has 0 spiro atoms. The van der Waals surface area contributed by atoms with Crippen molar-refractivity contribution in [2.45, 2.75) is 39.3 Å². The Morgan fingerprint density at radius 1 is 1.03 bits per heavy atom. The maximum Gasteiger partial charge on any atom is 0.416 e. The number of hydrogen-bond donors (Lipinski definition) is 2. The molecular weight excluding hydrogens is 499 g/mol. The van der Waals surface area contributed by atoms with Crippen LogP contribution < -0.4 is 10.6 Å². The maximum absolute atomic E-state index is 13.1. The average Bonchev–Trinajstić information content (AvgIpc) is 3.25. The van der Waals surface area contributed by atoms with Crippen molar-refractivity contribution in [2.24, 2.45) is 0 Å². The van der Waals surface area contributed by atoms with Crippen molar-refractivity contribution in [3.05, 3.63) is 71.4 Å². The third kappa shape index (κ3) is 7.34. The van der Waals surface area contributed by atoms with E-state index in [0.29, 0.717) is 5.82 Å². The van der Waals surface area contributed by atoms with E-state index >= 15 is 0 Å². The first-order chi connectivity index (χ1) is 17.8. The summed E-state index contributed by atoms with van der Waals surface area (Å²) in [5.74, 6) is -0.0744. The van der Waals surface area contributed by atoms with E-state index in [1.54, 1.807) is 10.7 Å². The molecule has 0 aliphatic heterocycles. The zero-order valence-electron chi connectivity index (χ0n) is 22.0. The van der Waals surface area contributed by atoms with Gasteiger partial charge in [-0.25, -0.2) is 9.48 Å². The lowest BCUT2D eigenvalue weighted by Gasteiger charge is -2.22. The number of amides is 3. The number of para-hydroxylation sites is 1. The molecule has 0 bridgehead atoms. The van der Waals surface area contributed by atoms with Crippen LogP contribution in [0.4, 0.5) is 29.5 Å². The first-order valence-corrected chi connectivity index (χ1v) is 12.0. The number of urea groups is 1. The molecule has 0 atom stereocenters. The Bertz CT molecular complexity index is 1280. The number of carbonyl (C=O) groups excluding carboxylic acids is 2. The number of benzene rings is 2. The maximum atomic E-state index is 13.1. The van der Waals surface area contributed by atoms with Crippen LogP contribution in [-0.4, -0.2) is 53.4 Å². The number of methoxy groups -OCH3 is 1. The zero-order chi connectivity index (χ0) is 28.1. The predicted molar refractivity (Wildman–Crippen MR) is 140 cm³/mol. The van der Waals surface area contributed by atoms with Gasteiger partial charge < -0.3 is 20.3 Å². The Kier molecular flexibility index (Phi) is 8.82. The Labute approximate surface area is 219 Å². The van der Waals surface area contributed by atoms with Crippen LogP contribution in [0, 0.1) is 6.92 Å². The number of nitrogens with one attached hydrogen (secondary N) is 2. The van der Waals surface area contributed by atoms with Gasteiger partial charge in [0, 0.05) is 30.8 Å².